The van der Waals surface area contributed by atoms with Gasteiger partial charge in [0.05, 0.1) is 0 Å². The van der Waals surface area contributed by atoms with Crippen molar-refractivity contribution in [2.75, 3.05) is 39.3 Å². The lowest BCUT2D eigenvalue weighted by Crippen LogP contribution is -2.45. The molecule has 6 nitrogen and oxygen atoms in total. The number of halogens is 2. The fraction of sp³-hybridized carbons (Fsp3) is 0.652. The number of likely N-dealkylation sites (tertiary alicyclic amines) is 2. The van der Waals surface area contributed by atoms with Crippen molar-refractivity contribution in [1.29, 1.82) is 0 Å². The normalized spacial score (nSPS) is 20.4. The molecule has 2 heterocycles. The van der Waals surface area contributed by atoms with E-state index in [1.54, 1.807) is 6.07 Å². The zero-order valence-electron chi connectivity index (χ0n) is 18.8. The van der Waals surface area contributed by atoms with Crippen molar-refractivity contribution in [3.63, 3.8) is 0 Å². The Hall–Kier alpha value is -1.42. The number of piperidine rings is 1. The molecule has 31 heavy (non-hydrogen) atoms. The molecule has 1 atom stereocenters. The summed E-state index contributed by atoms with van der Waals surface area (Å²) in [6.45, 7) is 9.82. The molecule has 3 rings (SSSR count). The molecule has 0 saturated carbocycles. The number of hydrogen-bond acceptors (Lipinski definition) is 3. The standard InChI is InChI=1S/C23H36FN5O.HI/c1-3-22(30)29-14-11-20(17-29)27-23(25-4-2)26-15-18-9-12-28(13-10-18)16-19-7-5-6-8-21(19)24;/h5-8,18,20H,3-4,9-17H2,1-2H3,(H2,25,26,27);1H. The average molecular weight is 545 g/mol. The lowest BCUT2D eigenvalue weighted by Gasteiger charge is -2.31. The predicted molar refractivity (Wildman–Crippen MR) is 134 cm³/mol. The summed E-state index contributed by atoms with van der Waals surface area (Å²) in [5, 5.41) is 6.84. The monoisotopic (exact) mass is 545 g/mol. The number of nitrogens with zero attached hydrogens (tertiary/aromatic N) is 3. The summed E-state index contributed by atoms with van der Waals surface area (Å²) in [6, 6.07) is 7.31. The molecule has 2 N–H and O–H groups in total. The number of amides is 1. The van der Waals surface area contributed by atoms with Crippen LogP contribution in [-0.4, -0.2) is 67.0 Å². The molecule has 0 radical (unpaired) electrons. The largest absolute Gasteiger partial charge is 0.357 e. The highest BCUT2D eigenvalue weighted by molar-refractivity contribution is 14.0. The number of benzene rings is 1. The minimum absolute atomic E-state index is 0. The summed E-state index contributed by atoms with van der Waals surface area (Å²) in [7, 11) is 0. The topological polar surface area (TPSA) is 60.0 Å². The quantitative estimate of drug-likeness (QED) is 0.314. The summed E-state index contributed by atoms with van der Waals surface area (Å²) in [5.41, 5.74) is 0.778. The van der Waals surface area contributed by atoms with Gasteiger partial charge in [-0.3, -0.25) is 14.7 Å². The SMILES string of the molecule is CCNC(=NCC1CCN(Cc2ccccc2F)CC1)NC1CCN(C(=O)CC)C1.I. The lowest BCUT2D eigenvalue weighted by atomic mass is 9.96. The number of hydrogen-bond donors (Lipinski definition) is 2. The van der Waals surface area contributed by atoms with Crippen LogP contribution in [0.5, 0.6) is 0 Å². The third-order valence-corrected chi connectivity index (χ3v) is 6.10. The van der Waals surface area contributed by atoms with Gasteiger partial charge in [-0.2, -0.15) is 0 Å². The van der Waals surface area contributed by atoms with Crippen LogP contribution in [0.2, 0.25) is 0 Å². The Morgan fingerprint density at radius 3 is 2.58 bits per heavy atom. The number of carbonyl (C=O) groups is 1. The molecule has 1 aromatic carbocycles. The summed E-state index contributed by atoms with van der Waals surface area (Å²) in [4.78, 5) is 21.0. The van der Waals surface area contributed by atoms with Gasteiger partial charge in [0, 0.05) is 50.7 Å². The smallest absolute Gasteiger partial charge is 0.222 e. The Kier molecular flexibility index (Phi) is 11.0. The van der Waals surface area contributed by atoms with Crippen molar-refractivity contribution < 1.29 is 9.18 Å². The van der Waals surface area contributed by atoms with Crippen LogP contribution in [0, 0.1) is 11.7 Å². The molecule has 1 aromatic rings. The van der Waals surface area contributed by atoms with Crippen LogP contribution in [0.3, 0.4) is 0 Å². The van der Waals surface area contributed by atoms with Gasteiger partial charge in [0.25, 0.3) is 0 Å². The highest BCUT2D eigenvalue weighted by atomic mass is 127. The van der Waals surface area contributed by atoms with Crippen molar-refractivity contribution in [2.24, 2.45) is 10.9 Å². The second-order valence-electron chi connectivity index (χ2n) is 8.35. The van der Waals surface area contributed by atoms with E-state index < -0.39 is 0 Å². The summed E-state index contributed by atoms with van der Waals surface area (Å²) < 4.78 is 13.9. The maximum absolute atomic E-state index is 13.9. The van der Waals surface area contributed by atoms with E-state index >= 15 is 0 Å². The number of guanidine groups is 1. The van der Waals surface area contributed by atoms with E-state index in [4.69, 9.17) is 4.99 Å². The van der Waals surface area contributed by atoms with E-state index in [1.165, 1.54) is 6.07 Å². The van der Waals surface area contributed by atoms with E-state index in [0.717, 1.165) is 70.1 Å². The van der Waals surface area contributed by atoms with E-state index in [9.17, 15) is 9.18 Å². The number of aliphatic imine (C=N–C) groups is 1. The maximum Gasteiger partial charge on any atom is 0.222 e. The molecule has 0 aromatic heterocycles. The molecule has 0 bridgehead atoms. The van der Waals surface area contributed by atoms with Crippen LogP contribution >= 0.6 is 24.0 Å². The Morgan fingerprint density at radius 1 is 1.16 bits per heavy atom. The van der Waals surface area contributed by atoms with Gasteiger partial charge < -0.3 is 15.5 Å². The molecule has 2 aliphatic heterocycles. The van der Waals surface area contributed by atoms with E-state index in [2.05, 4.69) is 22.5 Å². The first-order chi connectivity index (χ1) is 14.6. The Balaban J connectivity index is 0.00000341. The summed E-state index contributed by atoms with van der Waals surface area (Å²) in [6.07, 6.45) is 3.69. The Labute approximate surface area is 203 Å². The predicted octanol–water partition coefficient (Wildman–Crippen LogP) is 3.22. The van der Waals surface area contributed by atoms with Gasteiger partial charge in [-0.1, -0.05) is 25.1 Å². The molecule has 2 fully saturated rings. The Bertz CT molecular complexity index is 724. The molecular formula is C23H37FIN5O. The average Bonchev–Trinajstić information content (AvgIpc) is 3.23. The van der Waals surface area contributed by atoms with Crippen molar-refractivity contribution >= 4 is 35.8 Å². The zero-order chi connectivity index (χ0) is 21.3. The highest BCUT2D eigenvalue weighted by Gasteiger charge is 2.26. The zero-order valence-corrected chi connectivity index (χ0v) is 21.1. The van der Waals surface area contributed by atoms with Crippen LogP contribution in [-0.2, 0) is 11.3 Å². The van der Waals surface area contributed by atoms with Gasteiger partial charge in [-0.05, 0) is 51.3 Å². The summed E-state index contributed by atoms with van der Waals surface area (Å²) >= 11 is 0. The molecule has 0 spiro atoms. The van der Waals surface area contributed by atoms with E-state index in [0.29, 0.717) is 18.9 Å². The van der Waals surface area contributed by atoms with Crippen LogP contribution in [0.1, 0.15) is 45.1 Å². The fourth-order valence-electron chi connectivity index (χ4n) is 4.26. The van der Waals surface area contributed by atoms with Gasteiger partial charge in [-0.15, -0.1) is 24.0 Å². The lowest BCUT2D eigenvalue weighted by molar-refractivity contribution is -0.129. The van der Waals surface area contributed by atoms with Crippen molar-refractivity contribution in [3.8, 4) is 0 Å². The first-order valence-electron chi connectivity index (χ1n) is 11.4. The minimum atomic E-state index is -0.114. The third-order valence-electron chi connectivity index (χ3n) is 6.10. The number of rotatable bonds is 7. The van der Waals surface area contributed by atoms with Crippen LogP contribution in [0.4, 0.5) is 4.39 Å². The number of nitrogens with one attached hydrogen (secondary N) is 2. The van der Waals surface area contributed by atoms with Gasteiger partial charge in [0.15, 0.2) is 5.96 Å². The molecular weight excluding hydrogens is 508 g/mol. The molecule has 0 aliphatic carbocycles. The summed E-state index contributed by atoms with van der Waals surface area (Å²) in [5.74, 6) is 1.52. The van der Waals surface area contributed by atoms with E-state index in [-0.39, 0.29) is 41.7 Å². The van der Waals surface area contributed by atoms with Gasteiger partial charge in [-0.25, -0.2) is 4.39 Å². The molecule has 1 unspecified atom stereocenters. The first-order valence-corrected chi connectivity index (χ1v) is 11.4. The maximum atomic E-state index is 13.9. The van der Waals surface area contributed by atoms with Crippen LogP contribution in [0.25, 0.3) is 0 Å². The highest BCUT2D eigenvalue weighted by Crippen LogP contribution is 2.20. The second kappa shape index (κ2) is 13.2. The molecule has 174 valence electrons. The molecule has 2 aliphatic rings. The molecule has 1 amide bonds. The first kappa shape index (κ1) is 25.8. The van der Waals surface area contributed by atoms with Crippen molar-refractivity contribution in [3.05, 3.63) is 35.6 Å². The second-order valence-corrected chi connectivity index (χ2v) is 8.35. The third kappa shape index (κ3) is 7.89. The molecule has 2 saturated heterocycles. The van der Waals surface area contributed by atoms with Gasteiger partial charge >= 0.3 is 0 Å². The molecule has 8 heteroatoms. The van der Waals surface area contributed by atoms with Gasteiger partial charge in [0.1, 0.15) is 5.82 Å². The Morgan fingerprint density at radius 2 is 1.90 bits per heavy atom. The van der Waals surface area contributed by atoms with E-state index in [1.807, 2.05) is 24.0 Å². The van der Waals surface area contributed by atoms with Crippen molar-refractivity contribution in [2.45, 2.75) is 52.1 Å². The van der Waals surface area contributed by atoms with Gasteiger partial charge in [0.2, 0.25) is 5.91 Å². The fourth-order valence-corrected chi connectivity index (χ4v) is 4.26. The minimum Gasteiger partial charge on any atom is -0.357 e. The van der Waals surface area contributed by atoms with Crippen LogP contribution < -0.4 is 10.6 Å². The number of carbonyl (C=O) groups excluding carboxylic acids is 1. The van der Waals surface area contributed by atoms with Crippen LogP contribution in [0.15, 0.2) is 29.3 Å². The van der Waals surface area contributed by atoms with Crippen molar-refractivity contribution in [1.82, 2.24) is 20.4 Å².